The minimum absolute atomic E-state index is 0.153. The van der Waals surface area contributed by atoms with Crippen molar-refractivity contribution in [1.29, 1.82) is 0 Å². The molecule has 1 amide bonds. The van der Waals surface area contributed by atoms with E-state index in [1.807, 2.05) is 30.3 Å². The lowest BCUT2D eigenvalue weighted by atomic mass is 10.2. The summed E-state index contributed by atoms with van der Waals surface area (Å²) < 4.78 is 6.75. The molecule has 0 saturated carbocycles. The fourth-order valence-corrected chi connectivity index (χ4v) is 2.86. The zero-order valence-corrected chi connectivity index (χ0v) is 15.8. The van der Waals surface area contributed by atoms with Gasteiger partial charge in [0.2, 0.25) is 0 Å². The van der Waals surface area contributed by atoms with Gasteiger partial charge in [0.25, 0.3) is 11.6 Å². The number of nitro groups is 1. The molecule has 2 aromatic carbocycles. The van der Waals surface area contributed by atoms with Crippen molar-refractivity contribution in [2.45, 2.75) is 13.8 Å². The number of carbonyl (C=O) groups is 2. The topological polar surface area (TPSA) is 116 Å². The predicted molar refractivity (Wildman–Crippen MR) is 105 cm³/mol. The first-order chi connectivity index (χ1) is 13.9. The molecule has 0 radical (unpaired) electrons. The van der Waals surface area contributed by atoms with Crippen molar-refractivity contribution in [3.05, 3.63) is 81.7 Å². The van der Waals surface area contributed by atoms with Gasteiger partial charge in [-0.2, -0.15) is 5.10 Å². The Morgan fingerprint density at radius 3 is 2.55 bits per heavy atom. The van der Waals surface area contributed by atoms with Crippen LogP contribution in [0.5, 0.6) is 0 Å². The van der Waals surface area contributed by atoms with Crippen molar-refractivity contribution in [2.75, 3.05) is 11.9 Å². The summed E-state index contributed by atoms with van der Waals surface area (Å²) in [7, 11) is 0. The van der Waals surface area contributed by atoms with E-state index in [1.54, 1.807) is 18.5 Å². The maximum absolute atomic E-state index is 12.5. The average Bonchev–Trinajstić information content (AvgIpc) is 3.01. The van der Waals surface area contributed by atoms with Gasteiger partial charge in [-0.1, -0.05) is 24.3 Å². The van der Waals surface area contributed by atoms with Gasteiger partial charge < -0.3 is 10.1 Å². The number of aryl methyl sites for hydroxylation is 1. The Kier molecular flexibility index (Phi) is 5.68. The molecule has 148 valence electrons. The van der Waals surface area contributed by atoms with Crippen LogP contribution < -0.4 is 5.32 Å². The van der Waals surface area contributed by atoms with Crippen LogP contribution in [0, 0.1) is 24.0 Å². The number of rotatable bonds is 6. The second kappa shape index (κ2) is 8.34. The molecule has 9 heteroatoms. The largest absolute Gasteiger partial charge is 0.452 e. The zero-order chi connectivity index (χ0) is 21.0. The third-order valence-electron chi connectivity index (χ3n) is 4.17. The minimum Gasteiger partial charge on any atom is -0.452 e. The molecule has 29 heavy (non-hydrogen) atoms. The van der Waals surface area contributed by atoms with E-state index in [-0.39, 0.29) is 16.9 Å². The molecule has 0 aliphatic rings. The highest BCUT2D eigenvalue weighted by Gasteiger charge is 2.21. The summed E-state index contributed by atoms with van der Waals surface area (Å²) in [4.78, 5) is 34.8. The van der Waals surface area contributed by atoms with E-state index < -0.39 is 23.4 Å². The molecule has 9 nitrogen and oxygen atoms in total. The van der Waals surface area contributed by atoms with Crippen LogP contribution in [0.25, 0.3) is 5.69 Å². The Hall–Kier alpha value is -4.01. The van der Waals surface area contributed by atoms with Gasteiger partial charge in [0.15, 0.2) is 6.61 Å². The number of anilines is 1. The molecule has 0 saturated heterocycles. The van der Waals surface area contributed by atoms with Crippen molar-refractivity contribution < 1.29 is 19.2 Å². The smallest absolute Gasteiger partial charge is 0.342 e. The number of hydrogen-bond acceptors (Lipinski definition) is 6. The van der Waals surface area contributed by atoms with Gasteiger partial charge in [0, 0.05) is 17.8 Å². The van der Waals surface area contributed by atoms with Crippen molar-refractivity contribution in [3.8, 4) is 5.69 Å². The van der Waals surface area contributed by atoms with Gasteiger partial charge >= 0.3 is 5.97 Å². The molecule has 0 unspecified atom stereocenters. The number of non-ortho nitro benzene ring substituents is 1. The van der Waals surface area contributed by atoms with Crippen molar-refractivity contribution >= 4 is 23.3 Å². The summed E-state index contributed by atoms with van der Waals surface area (Å²) in [6.07, 6.45) is 0. The fourth-order valence-electron chi connectivity index (χ4n) is 2.86. The Morgan fingerprint density at radius 2 is 1.86 bits per heavy atom. The lowest BCUT2D eigenvalue weighted by Gasteiger charge is -2.07. The van der Waals surface area contributed by atoms with E-state index in [2.05, 4.69) is 10.4 Å². The third kappa shape index (κ3) is 4.46. The van der Waals surface area contributed by atoms with Crippen LogP contribution in [0.15, 0.2) is 54.6 Å². The molecule has 1 N–H and O–H groups in total. The number of esters is 1. The number of nitrogens with zero attached hydrogens (tertiary/aromatic N) is 3. The molecule has 0 spiro atoms. The summed E-state index contributed by atoms with van der Waals surface area (Å²) in [6.45, 7) is 2.90. The lowest BCUT2D eigenvalue weighted by Crippen LogP contribution is -2.21. The number of hydrogen-bond donors (Lipinski definition) is 1. The third-order valence-corrected chi connectivity index (χ3v) is 4.17. The molecule has 0 fully saturated rings. The quantitative estimate of drug-likeness (QED) is 0.390. The van der Waals surface area contributed by atoms with E-state index in [0.717, 1.165) is 5.69 Å². The second-order valence-corrected chi connectivity index (χ2v) is 6.22. The normalized spacial score (nSPS) is 10.4. The van der Waals surface area contributed by atoms with E-state index in [4.69, 9.17) is 4.74 Å². The summed E-state index contributed by atoms with van der Waals surface area (Å²) in [5, 5.41) is 17.6. The number of benzene rings is 2. The van der Waals surface area contributed by atoms with Crippen molar-refractivity contribution in [3.63, 3.8) is 0 Å². The molecule has 1 aromatic heterocycles. The van der Waals surface area contributed by atoms with Crippen LogP contribution in [-0.4, -0.2) is 33.2 Å². The molecule has 0 aliphatic heterocycles. The Bertz CT molecular complexity index is 1080. The van der Waals surface area contributed by atoms with Crippen molar-refractivity contribution in [1.82, 2.24) is 9.78 Å². The van der Waals surface area contributed by atoms with Crippen LogP contribution in [0.1, 0.15) is 21.7 Å². The van der Waals surface area contributed by atoms with Crippen LogP contribution >= 0.6 is 0 Å². The SMILES string of the molecule is Cc1nn(-c2ccccc2)c(C)c1C(=O)OCC(=O)Nc1cccc([N+](=O)[O-])c1. The van der Waals surface area contributed by atoms with Gasteiger partial charge in [-0.25, -0.2) is 9.48 Å². The first-order valence-electron chi connectivity index (χ1n) is 8.70. The number of aromatic nitrogens is 2. The lowest BCUT2D eigenvalue weighted by molar-refractivity contribution is -0.384. The first-order valence-corrected chi connectivity index (χ1v) is 8.70. The van der Waals surface area contributed by atoms with E-state index >= 15 is 0 Å². The Labute approximate surface area is 166 Å². The summed E-state index contributed by atoms with van der Waals surface area (Å²) in [5.74, 6) is -1.28. The average molecular weight is 394 g/mol. The standard InChI is InChI=1S/C20H18N4O5/c1-13-19(14(2)23(22-13)16-8-4-3-5-9-16)20(26)29-12-18(25)21-15-7-6-10-17(11-15)24(27)28/h3-11H,12H2,1-2H3,(H,21,25). The number of nitro benzene ring substituents is 1. The summed E-state index contributed by atoms with van der Waals surface area (Å²) in [6, 6.07) is 14.8. The predicted octanol–water partition coefficient (Wildman–Crippen LogP) is 3.19. The maximum Gasteiger partial charge on any atom is 0.342 e. The number of amides is 1. The van der Waals surface area contributed by atoms with E-state index in [1.165, 1.54) is 24.3 Å². The number of para-hydroxylation sites is 1. The van der Waals surface area contributed by atoms with Crippen LogP contribution in [0.2, 0.25) is 0 Å². The van der Waals surface area contributed by atoms with Gasteiger partial charge in [0.1, 0.15) is 5.56 Å². The molecule has 1 heterocycles. The second-order valence-electron chi connectivity index (χ2n) is 6.22. The molecule has 0 atom stereocenters. The highest BCUT2D eigenvalue weighted by Crippen LogP contribution is 2.19. The highest BCUT2D eigenvalue weighted by molar-refractivity contribution is 5.96. The summed E-state index contributed by atoms with van der Waals surface area (Å²) >= 11 is 0. The molecule has 3 aromatic rings. The van der Waals surface area contributed by atoms with Crippen LogP contribution in [-0.2, 0) is 9.53 Å². The number of nitrogens with one attached hydrogen (secondary N) is 1. The van der Waals surface area contributed by atoms with Gasteiger partial charge in [0.05, 0.1) is 22.0 Å². The Morgan fingerprint density at radius 1 is 1.14 bits per heavy atom. The van der Waals surface area contributed by atoms with Gasteiger partial charge in [-0.05, 0) is 32.0 Å². The number of ether oxygens (including phenoxy) is 1. The zero-order valence-electron chi connectivity index (χ0n) is 15.8. The molecular formula is C20H18N4O5. The molecule has 0 aliphatic carbocycles. The van der Waals surface area contributed by atoms with Gasteiger partial charge in [-0.3, -0.25) is 14.9 Å². The minimum atomic E-state index is -0.670. The first kappa shape index (κ1) is 19.7. The maximum atomic E-state index is 12.5. The highest BCUT2D eigenvalue weighted by atomic mass is 16.6. The molecular weight excluding hydrogens is 376 g/mol. The number of carbonyl (C=O) groups excluding carboxylic acids is 2. The van der Waals surface area contributed by atoms with Crippen LogP contribution in [0.3, 0.4) is 0 Å². The molecule has 3 rings (SSSR count). The molecule has 0 bridgehead atoms. The van der Waals surface area contributed by atoms with E-state index in [0.29, 0.717) is 11.4 Å². The van der Waals surface area contributed by atoms with Gasteiger partial charge in [-0.15, -0.1) is 0 Å². The summed E-state index contributed by atoms with van der Waals surface area (Å²) in [5.41, 5.74) is 2.25. The Balaban J connectivity index is 1.67. The monoisotopic (exact) mass is 394 g/mol. The van der Waals surface area contributed by atoms with Crippen molar-refractivity contribution in [2.24, 2.45) is 0 Å². The van der Waals surface area contributed by atoms with E-state index in [9.17, 15) is 19.7 Å². The van der Waals surface area contributed by atoms with Crippen LogP contribution in [0.4, 0.5) is 11.4 Å². The fraction of sp³-hybridized carbons (Fsp3) is 0.150.